The van der Waals surface area contributed by atoms with Crippen molar-refractivity contribution in [2.45, 2.75) is 59.3 Å². The Morgan fingerprint density at radius 2 is 1.11 bits per heavy atom. The lowest BCUT2D eigenvalue weighted by Crippen LogP contribution is -2.22. The fourth-order valence-corrected chi connectivity index (χ4v) is 4.68. The molecular weight excluding hydrogens is 460 g/mol. The maximum Gasteiger partial charge on any atom is 0.255 e. The molecule has 3 aromatic carbocycles. The Hall–Kier alpha value is -3.80. The molecule has 0 aromatic heterocycles. The molecule has 0 heterocycles. The van der Waals surface area contributed by atoms with Crippen molar-refractivity contribution in [1.82, 2.24) is 0 Å². The molecule has 4 N–H and O–H groups in total. The average molecular weight is 501 g/mol. The van der Waals surface area contributed by atoms with E-state index in [2.05, 4.69) is 42.3 Å². The van der Waals surface area contributed by atoms with E-state index in [1.54, 1.807) is 12.1 Å². The van der Waals surface area contributed by atoms with E-state index >= 15 is 0 Å². The lowest BCUT2D eigenvalue weighted by Gasteiger charge is -2.25. The number of rotatable bonds is 14. The van der Waals surface area contributed by atoms with Gasteiger partial charge in [-0.1, -0.05) is 64.7 Å². The number of carbonyl (C=O) groups is 2. The second-order valence-corrected chi connectivity index (χ2v) is 9.48. The van der Waals surface area contributed by atoms with Crippen LogP contribution < -0.4 is 21.5 Å². The van der Waals surface area contributed by atoms with Crippen LogP contribution in [0.3, 0.4) is 0 Å². The van der Waals surface area contributed by atoms with Gasteiger partial charge in [-0.3, -0.25) is 9.59 Å². The minimum absolute atomic E-state index is 0.0892. The van der Waals surface area contributed by atoms with E-state index in [0.29, 0.717) is 23.8 Å². The predicted octanol–water partition coefficient (Wildman–Crippen LogP) is 7.95. The number of hydrazine groups is 1. The Bertz CT molecular complexity index is 1100. The molecule has 0 radical (unpaired) electrons. The Kier molecular flexibility index (Phi) is 11.0. The molecule has 2 unspecified atom stereocenters. The highest BCUT2D eigenvalue weighted by molar-refractivity contribution is 6.04. The van der Waals surface area contributed by atoms with Crippen molar-refractivity contribution >= 4 is 34.6 Å². The maximum absolute atomic E-state index is 12.7. The maximum atomic E-state index is 12.7. The number of anilines is 4. The van der Waals surface area contributed by atoms with Crippen LogP contribution in [0.4, 0.5) is 22.7 Å². The zero-order valence-corrected chi connectivity index (χ0v) is 22.2. The van der Waals surface area contributed by atoms with Gasteiger partial charge in [-0.25, -0.2) is 0 Å². The van der Waals surface area contributed by atoms with Gasteiger partial charge in [-0.2, -0.15) is 0 Å². The van der Waals surface area contributed by atoms with Gasteiger partial charge in [0.05, 0.1) is 11.4 Å². The third-order valence-electron chi connectivity index (χ3n) is 6.66. The molecule has 0 saturated heterocycles. The number of benzene rings is 3. The van der Waals surface area contributed by atoms with Gasteiger partial charge in [0.1, 0.15) is 0 Å². The van der Waals surface area contributed by atoms with E-state index < -0.39 is 0 Å². The summed E-state index contributed by atoms with van der Waals surface area (Å²) in [6, 6.07) is 24.2. The average Bonchev–Trinajstić information content (AvgIpc) is 2.92. The molecule has 37 heavy (non-hydrogen) atoms. The van der Waals surface area contributed by atoms with Gasteiger partial charge >= 0.3 is 0 Å². The van der Waals surface area contributed by atoms with Crippen molar-refractivity contribution in [3.8, 4) is 0 Å². The summed E-state index contributed by atoms with van der Waals surface area (Å²) in [6.45, 7) is 6.65. The number of hydrogen-bond donors (Lipinski definition) is 4. The Morgan fingerprint density at radius 1 is 0.622 bits per heavy atom. The van der Waals surface area contributed by atoms with Gasteiger partial charge in [0.15, 0.2) is 0 Å². The van der Waals surface area contributed by atoms with Gasteiger partial charge < -0.3 is 21.5 Å². The highest BCUT2D eigenvalue weighted by Crippen LogP contribution is 2.29. The molecule has 2 atom stereocenters. The number of hydrogen-bond acceptors (Lipinski definition) is 4. The van der Waals surface area contributed by atoms with E-state index in [4.69, 9.17) is 0 Å². The van der Waals surface area contributed by atoms with E-state index in [9.17, 15) is 9.59 Å². The molecule has 2 amide bonds. The SMILES string of the molecule is CCCC(CC)C(CCC)CC(=O)Nc1ccc(NNc2ccc(NC(=O)c3ccccc3)cc2)cc1. The van der Waals surface area contributed by atoms with Crippen LogP contribution in [-0.2, 0) is 4.79 Å². The summed E-state index contributed by atoms with van der Waals surface area (Å²) in [5.41, 5.74) is 10.2. The van der Waals surface area contributed by atoms with Crippen LogP contribution in [0.1, 0.15) is 69.7 Å². The van der Waals surface area contributed by atoms with E-state index in [0.717, 1.165) is 48.4 Å². The summed E-state index contributed by atoms with van der Waals surface area (Å²) >= 11 is 0. The van der Waals surface area contributed by atoms with Gasteiger partial charge in [-0.15, -0.1) is 0 Å². The lowest BCUT2D eigenvalue weighted by atomic mass is 9.81. The van der Waals surface area contributed by atoms with Crippen LogP contribution in [0.5, 0.6) is 0 Å². The number of carbonyl (C=O) groups excluding carboxylic acids is 2. The van der Waals surface area contributed by atoms with Crippen molar-refractivity contribution < 1.29 is 9.59 Å². The zero-order valence-electron chi connectivity index (χ0n) is 22.2. The molecule has 0 saturated carbocycles. The molecule has 0 aliphatic carbocycles. The smallest absolute Gasteiger partial charge is 0.255 e. The molecule has 196 valence electrons. The molecule has 3 rings (SSSR count). The molecule has 6 heteroatoms. The number of nitrogens with one attached hydrogen (secondary N) is 4. The molecule has 0 bridgehead atoms. The third-order valence-corrected chi connectivity index (χ3v) is 6.66. The summed E-state index contributed by atoms with van der Waals surface area (Å²) in [6.07, 6.45) is 6.27. The van der Waals surface area contributed by atoms with Crippen LogP contribution in [0, 0.1) is 11.8 Å². The van der Waals surface area contributed by atoms with Crippen LogP contribution >= 0.6 is 0 Å². The summed E-state index contributed by atoms with van der Waals surface area (Å²) in [4.78, 5) is 25.0. The number of amides is 2. The zero-order chi connectivity index (χ0) is 26.5. The molecule has 3 aromatic rings. The van der Waals surface area contributed by atoms with E-state index in [-0.39, 0.29) is 11.8 Å². The molecule has 6 nitrogen and oxygen atoms in total. The van der Waals surface area contributed by atoms with Crippen molar-refractivity contribution in [2.75, 3.05) is 21.5 Å². The summed E-state index contributed by atoms with van der Waals surface area (Å²) < 4.78 is 0. The van der Waals surface area contributed by atoms with Gasteiger partial charge in [0, 0.05) is 23.4 Å². The summed E-state index contributed by atoms with van der Waals surface area (Å²) in [7, 11) is 0. The highest BCUT2D eigenvalue weighted by Gasteiger charge is 2.21. The lowest BCUT2D eigenvalue weighted by molar-refractivity contribution is -0.117. The first kappa shape index (κ1) is 27.8. The molecule has 0 spiro atoms. The highest BCUT2D eigenvalue weighted by atomic mass is 16.2. The Balaban J connectivity index is 1.47. The van der Waals surface area contributed by atoms with Crippen molar-refractivity contribution in [1.29, 1.82) is 0 Å². The molecule has 0 aliphatic heterocycles. The fourth-order valence-electron chi connectivity index (χ4n) is 4.68. The van der Waals surface area contributed by atoms with Crippen LogP contribution in [0.2, 0.25) is 0 Å². The quantitative estimate of drug-likeness (QED) is 0.169. The molecular formula is C31H40N4O2. The monoisotopic (exact) mass is 500 g/mol. The Labute approximate surface area is 221 Å². The standard InChI is InChI=1S/C31H40N4O2/c1-4-10-23(6-3)25(11-5-2)22-30(36)32-26-14-18-28(19-15-26)34-35-29-20-16-27(17-21-29)33-31(37)24-12-8-7-9-13-24/h7-9,12-21,23,25,34-35H,4-6,10-11,22H2,1-3H3,(H,32,36)(H,33,37). The van der Waals surface area contributed by atoms with E-state index in [1.807, 2.05) is 66.7 Å². The topological polar surface area (TPSA) is 82.3 Å². The minimum Gasteiger partial charge on any atom is -0.326 e. The van der Waals surface area contributed by atoms with Crippen LogP contribution in [0.25, 0.3) is 0 Å². The van der Waals surface area contributed by atoms with E-state index in [1.165, 1.54) is 6.42 Å². The second-order valence-electron chi connectivity index (χ2n) is 9.48. The van der Waals surface area contributed by atoms with Gasteiger partial charge in [-0.05, 0) is 78.9 Å². The normalized spacial score (nSPS) is 12.3. The van der Waals surface area contributed by atoms with Crippen molar-refractivity contribution in [3.05, 3.63) is 84.4 Å². The molecule has 0 fully saturated rings. The van der Waals surface area contributed by atoms with Crippen LogP contribution in [-0.4, -0.2) is 11.8 Å². The fraction of sp³-hybridized carbons (Fsp3) is 0.355. The summed E-state index contributed by atoms with van der Waals surface area (Å²) in [5, 5.41) is 5.96. The first-order valence-electron chi connectivity index (χ1n) is 13.4. The van der Waals surface area contributed by atoms with Crippen LogP contribution in [0.15, 0.2) is 78.9 Å². The van der Waals surface area contributed by atoms with Gasteiger partial charge in [0.2, 0.25) is 5.91 Å². The third kappa shape index (κ3) is 8.98. The first-order chi connectivity index (χ1) is 18.0. The minimum atomic E-state index is -0.140. The second kappa shape index (κ2) is 14.7. The van der Waals surface area contributed by atoms with Gasteiger partial charge in [0.25, 0.3) is 5.91 Å². The Morgan fingerprint density at radius 3 is 1.62 bits per heavy atom. The predicted molar refractivity (Wildman–Crippen MR) is 155 cm³/mol. The molecule has 0 aliphatic rings. The van der Waals surface area contributed by atoms with Crippen molar-refractivity contribution in [3.63, 3.8) is 0 Å². The van der Waals surface area contributed by atoms with Crippen molar-refractivity contribution in [2.24, 2.45) is 11.8 Å². The largest absolute Gasteiger partial charge is 0.326 e. The summed E-state index contributed by atoms with van der Waals surface area (Å²) in [5.74, 6) is 1.01. The first-order valence-corrected chi connectivity index (χ1v) is 13.4.